The summed E-state index contributed by atoms with van der Waals surface area (Å²) in [6.45, 7) is 18.5. The molecular formula is C72H74N4O. The number of nitrogens with zero attached hydrogens (tertiary/aromatic N) is 3. The number of para-hydroxylation sites is 3. The number of benzene rings is 8. The molecule has 77 heavy (non-hydrogen) atoms. The first-order valence-electron chi connectivity index (χ1n) is 30.1. The number of rotatable bonds is 10. The highest BCUT2D eigenvalue weighted by Crippen LogP contribution is 2.52. The van der Waals surface area contributed by atoms with Crippen molar-refractivity contribution in [3.63, 3.8) is 0 Å². The number of hydrogen-bond acceptors (Lipinski definition) is 5. The van der Waals surface area contributed by atoms with Gasteiger partial charge in [0.1, 0.15) is 24.0 Å². The maximum atomic E-state index is 8.67. The van der Waals surface area contributed by atoms with Crippen molar-refractivity contribution in [2.75, 3.05) is 21.8 Å². The van der Waals surface area contributed by atoms with Gasteiger partial charge in [0.25, 0.3) is 0 Å². The van der Waals surface area contributed by atoms with Gasteiger partial charge < -0.3 is 19.9 Å². The minimum atomic E-state index is -2.45. The van der Waals surface area contributed by atoms with Crippen LogP contribution in [0.25, 0.3) is 44.5 Å². The first-order chi connectivity index (χ1) is 39.1. The SMILES string of the molecule is [2H]C([2H])([2H])c1ccc(Nc2cc(C([2H])([2H])[2H])c(-c3ccc4c(c3)C(C)(C)CCC4(C)C)cn2)c(-c2ccc(Oc3cccc(N4CN(c5c(-c6ccccc6)cccc5-c5cc(C(C)(C)C)cc(C(C)(C)C)c5)c5ccccc54)c3)cc2)c1. The Morgan fingerprint density at radius 1 is 0.506 bits per heavy atom. The van der Waals surface area contributed by atoms with E-state index < -0.39 is 13.7 Å². The molecule has 0 fully saturated rings. The molecular weight excluding hydrogens is 937 g/mol. The zero-order valence-electron chi connectivity index (χ0n) is 52.3. The van der Waals surface area contributed by atoms with E-state index in [0.717, 1.165) is 63.4 Å². The van der Waals surface area contributed by atoms with Crippen LogP contribution in [-0.2, 0) is 21.7 Å². The third kappa shape index (κ3) is 10.2. The number of anilines is 6. The maximum absolute atomic E-state index is 8.67. The van der Waals surface area contributed by atoms with Gasteiger partial charge in [-0.25, -0.2) is 4.98 Å². The van der Waals surface area contributed by atoms with Crippen molar-refractivity contribution >= 4 is 34.3 Å². The summed E-state index contributed by atoms with van der Waals surface area (Å²) in [5.41, 5.74) is 17.5. The Balaban J connectivity index is 0.898. The lowest BCUT2D eigenvalue weighted by molar-refractivity contribution is 0.332. The predicted molar refractivity (Wildman–Crippen MR) is 326 cm³/mol. The number of nitrogens with one attached hydrogen (secondary N) is 1. The molecule has 9 aromatic rings. The third-order valence-electron chi connectivity index (χ3n) is 16.0. The number of hydrogen-bond donors (Lipinski definition) is 1. The van der Waals surface area contributed by atoms with Gasteiger partial charge in [-0.05, 0) is 153 Å². The second kappa shape index (κ2) is 19.6. The second-order valence-electron chi connectivity index (χ2n) is 24.5. The van der Waals surface area contributed by atoms with E-state index in [2.05, 4.69) is 200 Å². The van der Waals surface area contributed by atoms with E-state index in [9.17, 15) is 0 Å². The molecule has 0 spiro atoms. The zero-order chi connectivity index (χ0) is 59.0. The van der Waals surface area contributed by atoms with Crippen molar-refractivity contribution in [3.05, 3.63) is 222 Å². The fourth-order valence-electron chi connectivity index (χ4n) is 11.3. The van der Waals surface area contributed by atoms with Gasteiger partial charge in [-0.1, -0.05) is 196 Å². The number of fused-ring (bicyclic) bond motifs is 2. The summed E-state index contributed by atoms with van der Waals surface area (Å²) in [6, 6.07) is 61.7. The molecule has 0 saturated carbocycles. The van der Waals surface area contributed by atoms with Crippen LogP contribution < -0.4 is 19.9 Å². The Kier molecular flexibility index (Phi) is 11.3. The summed E-state index contributed by atoms with van der Waals surface area (Å²) in [5.74, 6) is 1.57. The summed E-state index contributed by atoms with van der Waals surface area (Å²) in [4.78, 5) is 9.59. The number of aromatic nitrogens is 1. The Hall–Kier alpha value is -7.89. The van der Waals surface area contributed by atoms with Crippen LogP contribution in [0.15, 0.2) is 188 Å². The molecule has 2 heterocycles. The molecule has 0 radical (unpaired) electrons. The largest absolute Gasteiger partial charge is 0.457 e. The van der Waals surface area contributed by atoms with Gasteiger partial charge in [0.05, 0.1) is 17.1 Å². The lowest BCUT2D eigenvalue weighted by Crippen LogP contribution is -2.33. The molecule has 0 bridgehead atoms. The molecule has 8 aromatic carbocycles. The summed E-state index contributed by atoms with van der Waals surface area (Å²) >= 11 is 0. The topological polar surface area (TPSA) is 40.6 Å². The highest BCUT2D eigenvalue weighted by atomic mass is 16.5. The molecule has 2 aliphatic rings. The van der Waals surface area contributed by atoms with Crippen LogP contribution in [0.4, 0.5) is 34.3 Å². The van der Waals surface area contributed by atoms with Crippen molar-refractivity contribution in [3.8, 4) is 56.0 Å². The second-order valence-corrected chi connectivity index (χ2v) is 24.5. The normalized spacial score (nSPS) is 16.2. The van der Waals surface area contributed by atoms with Crippen molar-refractivity contribution in [1.82, 2.24) is 4.98 Å². The molecule has 0 saturated heterocycles. The fraction of sp³-hybridized carbons (Fsp3) is 0.264. The Labute approximate surface area is 467 Å². The van der Waals surface area contributed by atoms with E-state index in [4.69, 9.17) is 17.9 Å². The van der Waals surface area contributed by atoms with Gasteiger partial charge in [-0.3, -0.25) is 0 Å². The highest BCUT2D eigenvalue weighted by molar-refractivity contribution is 5.99. The van der Waals surface area contributed by atoms with Crippen LogP contribution in [-0.4, -0.2) is 11.7 Å². The molecule has 1 aromatic heterocycles. The smallest absolute Gasteiger partial charge is 0.130 e. The standard InChI is InChI=1S/C72H74N4O/c1-47-28-35-64(74-67-39-48(2)61(45-73-67)51-31-34-62-63(42-51)72(11,12)37-36-71(62,9)10)60(38-47)50-29-32-56(33-30-50)77-57-23-18-22-55(44-57)75-46-76(66-27-17-16-26-65(66)75)68-58(49-20-14-13-15-21-49)24-19-25-59(68)52-40-53(69(3,4)5)43-54(41-52)70(6,7)8/h13-35,38-45H,36-37,46H2,1-12H3,(H,73,74)/i1D3,2D3. The maximum Gasteiger partial charge on any atom is 0.130 e. The van der Waals surface area contributed by atoms with Gasteiger partial charge >= 0.3 is 0 Å². The number of aryl methyl sites for hydroxylation is 2. The molecule has 388 valence electrons. The molecule has 0 atom stereocenters. The third-order valence-corrected chi connectivity index (χ3v) is 16.0. The quantitative estimate of drug-likeness (QED) is 0.148. The predicted octanol–water partition coefficient (Wildman–Crippen LogP) is 20.1. The Morgan fingerprint density at radius 2 is 1.14 bits per heavy atom. The summed E-state index contributed by atoms with van der Waals surface area (Å²) < 4.78 is 57.6. The van der Waals surface area contributed by atoms with Crippen LogP contribution in [0.3, 0.4) is 0 Å². The van der Waals surface area contributed by atoms with Gasteiger partial charge in [0.15, 0.2) is 0 Å². The monoisotopic (exact) mass is 1020 g/mol. The van der Waals surface area contributed by atoms with Gasteiger partial charge in [0, 0.05) is 54.1 Å². The molecule has 11 rings (SSSR count). The van der Waals surface area contributed by atoms with E-state index in [1.54, 1.807) is 30.5 Å². The van der Waals surface area contributed by atoms with E-state index in [1.165, 1.54) is 27.8 Å². The highest BCUT2D eigenvalue weighted by Gasteiger charge is 2.37. The molecule has 1 N–H and O–H groups in total. The minimum absolute atomic E-state index is 0.0159. The van der Waals surface area contributed by atoms with Crippen molar-refractivity contribution in [1.29, 1.82) is 0 Å². The van der Waals surface area contributed by atoms with Crippen LogP contribution in [0.5, 0.6) is 11.5 Å². The minimum Gasteiger partial charge on any atom is -0.457 e. The lowest BCUT2D eigenvalue weighted by Gasteiger charge is -2.42. The molecule has 1 aliphatic heterocycles. The molecule has 0 amide bonds. The van der Waals surface area contributed by atoms with Crippen LogP contribution in [0.1, 0.15) is 124 Å². The Bertz CT molecular complexity index is 3870. The first kappa shape index (κ1) is 44.3. The molecule has 1 aliphatic carbocycles. The fourth-order valence-corrected chi connectivity index (χ4v) is 11.3. The van der Waals surface area contributed by atoms with E-state index in [-0.39, 0.29) is 32.8 Å². The first-order valence-corrected chi connectivity index (χ1v) is 27.1. The van der Waals surface area contributed by atoms with E-state index in [0.29, 0.717) is 40.8 Å². The van der Waals surface area contributed by atoms with Crippen molar-refractivity contribution in [2.24, 2.45) is 0 Å². The molecule has 0 unspecified atom stereocenters. The van der Waals surface area contributed by atoms with Gasteiger partial charge in [-0.2, -0.15) is 0 Å². The average Bonchev–Trinajstić information content (AvgIpc) is 2.34. The van der Waals surface area contributed by atoms with E-state index >= 15 is 0 Å². The van der Waals surface area contributed by atoms with Crippen LogP contribution in [0.2, 0.25) is 0 Å². The summed E-state index contributed by atoms with van der Waals surface area (Å²) in [5, 5.41) is 3.38. The summed E-state index contributed by atoms with van der Waals surface area (Å²) in [7, 11) is 0. The Morgan fingerprint density at radius 3 is 1.83 bits per heavy atom. The lowest BCUT2D eigenvalue weighted by atomic mass is 9.63. The number of pyridine rings is 1. The van der Waals surface area contributed by atoms with Crippen molar-refractivity contribution in [2.45, 2.75) is 117 Å². The van der Waals surface area contributed by atoms with Gasteiger partial charge in [0.2, 0.25) is 0 Å². The van der Waals surface area contributed by atoms with Crippen LogP contribution in [0, 0.1) is 13.7 Å². The summed E-state index contributed by atoms with van der Waals surface area (Å²) in [6.07, 6.45) is 3.75. The average molecular weight is 1020 g/mol. The zero-order valence-corrected chi connectivity index (χ0v) is 46.3. The van der Waals surface area contributed by atoms with Gasteiger partial charge in [-0.15, -0.1) is 0 Å². The van der Waals surface area contributed by atoms with Crippen LogP contribution >= 0.6 is 0 Å². The molecule has 5 heteroatoms. The molecule has 5 nitrogen and oxygen atoms in total. The number of ether oxygens (including phenoxy) is 1. The van der Waals surface area contributed by atoms with Crippen molar-refractivity contribution < 1.29 is 13.0 Å². The van der Waals surface area contributed by atoms with E-state index in [1.807, 2.05) is 42.5 Å².